The highest BCUT2D eigenvalue weighted by molar-refractivity contribution is 6.30. The molecule has 0 saturated heterocycles. The van der Waals surface area contributed by atoms with Crippen LogP contribution in [0.3, 0.4) is 0 Å². The van der Waals surface area contributed by atoms with Gasteiger partial charge in [-0.05, 0) is 42.5 Å². The summed E-state index contributed by atoms with van der Waals surface area (Å²) < 4.78 is 46.7. The normalized spacial score (nSPS) is 11.5. The van der Waals surface area contributed by atoms with Crippen molar-refractivity contribution in [2.45, 2.75) is 6.18 Å². The smallest absolute Gasteiger partial charge is 0.433 e. The molecule has 4 rings (SSSR count). The third-order valence-corrected chi connectivity index (χ3v) is 4.53. The molecule has 0 radical (unpaired) electrons. The molecule has 0 aliphatic carbocycles. The van der Waals surface area contributed by atoms with Gasteiger partial charge in [-0.3, -0.25) is 4.79 Å². The average molecular weight is 448 g/mol. The first kappa shape index (κ1) is 20.6. The zero-order chi connectivity index (χ0) is 22.2. The maximum Gasteiger partial charge on any atom is 0.433 e. The number of amides is 1. The molecule has 3 heterocycles. The number of aromatic nitrogens is 4. The van der Waals surface area contributed by atoms with Gasteiger partial charge in [-0.2, -0.15) is 18.3 Å². The lowest BCUT2D eigenvalue weighted by molar-refractivity contribution is -0.142. The minimum atomic E-state index is -4.72. The molecule has 0 atom stereocenters. The number of nitrogens with zero attached hydrogens (tertiary/aromatic N) is 4. The number of carbonyl (C=O) groups is 1. The van der Waals surface area contributed by atoms with Gasteiger partial charge in [0, 0.05) is 17.8 Å². The molecule has 4 aromatic rings. The van der Waals surface area contributed by atoms with Crippen molar-refractivity contribution < 1.29 is 22.7 Å². The lowest BCUT2D eigenvalue weighted by Gasteiger charge is -2.11. The van der Waals surface area contributed by atoms with E-state index in [0.717, 1.165) is 6.07 Å². The molecular weight excluding hydrogens is 435 g/mol. The number of carbonyl (C=O) groups excluding carboxylic acids is 1. The molecule has 0 unspecified atom stereocenters. The van der Waals surface area contributed by atoms with E-state index in [1.165, 1.54) is 31.5 Å². The zero-order valence-electron chi connectivity index (χ0n) is 15.8. The second-order valence-electron chi connectivity index (χ2n) is 6.37. The summed E-state index contributed by atoms with van der Waals surface area (Å²) in [5.74, 6) is -0.00572. The number of ether oxygens (including phenoxy) is 1. The molecule has 31 heavy (non-hydrogen) atoms. The van der Waals surface area contributed by atoms with Gasteiger partial charge in [0.05, 0.1) is 17.8 Å². The van der Waals surface area contributed by atoms with Crippen molar-refractivity contribution >= 4 is 29.0 Å². The van der Waals surface area contributed by atoms with Crippen molar-refractivity contribution in [3.05, 3.63) is 71.1 Å². The summed E-state index contributed by atoms with van der Waals surface area (Å²) in [6.45, 7) is 0. The van der Waals surface area contributed by atoms with E-state index < -0.39 is 17.8 Å². The van der Waals surface area contributed by atoms with Crippen molar-refractivity contribution in [2.75, 3.05) is 12.4 Å². The molecule has 3 aromatic heterocycles. The Balaban J connectivity index is 1.76. The number of nitrogens with one attached hydrogen (secondary N) is 1. The molecule has 1 amide bonds. The summed E-state index contributed by atoms with van der Waals surface area (Å²) in [7, 11) is 1.49. The standard InChI is InChI=1S/C20H13ClF3N5O2/c1-31-13-5-2-11(3-6-13)14-8-16(20(22,23)24)29-18(26-14)9-15(28-29)19(30)27-17-7-4-12(21)10-25-17/h2-10H,1H3,(H,25,27,30). The van der Waals surface area contributed by atoms with Gasteiger partial charge in [0.15, 0.2) is 17.0 Å². The summed E-state index contributed by atoms with van der Waals surface area (Å²) >= 11 is 5.75. The predicted molar refractivity (Wildman–Crippen MR) is 107 cm³/mol. The highest BCUT2D eigenvalue weighted by atomic mass is 35.5. The molecule has 1 aromatic carbocycles. The van der Waals surface area contributed by atoms with Crippen LogP contribution in [0.25, 0.3) is 16.9 Å². The highest BCUT2D eigenvalue weighted by Gasteiger charge is 2.35. The first-order valence-corrected chi connectivity index (χ1v) is 9.18. The number of fused-ring (bicyclic) bond motifs is 1. The topological polar surface area (TPSA) is 81.4 Å². The molecular formula is C20H13ClF3N5O2. The molecule has 11 heteroatoms. The van der Waals surface area contributed by atoms with Crippen LogP contribution in [-0.2, 0) is 6.18 Å². The quantitative estimate of drug-likeness (QED) is 0.489. The third-order valence-electron chi connectivity index (χ3n) is 4.31. The van der Waals surface area contributed by atoms with Crippen LogP contribution in [0.2, 0.25) is 5.02 Å². The van der Waals surface area contributed by atoms with Crippen molar-refractivity contribution in [2.24, 2.45) is 0 Å². The Hall–Kier alpha value is -3.66. The van der Waals surface area contributed by atoms with Crippen molar-refractivity contribution in [1.29, 1.82) is 0 Å². The van der Waals surface area contributed by atoms with E-state index >= 15 is 0 Å². The van der Waals surface area contributed by atoms with E-state index in [9.17, 15) is 18.0 Å². The van der Waals surface area contributed by atoms with Crippen LogP contribution in [0.1, 0.15) is 16.2 Å². The molecule has 0 fully saturated rings. The van der Waals surface area contributed by atoms with Crippen LogP contribution in [0.5, 0.6) is 5.75 Å². The van der Waals surface area contributed by atoms with Gasteiger partial charge in [0.2, 0.25) is 0 Å². The van der Waals surface area contributed by atoms with E-state index in [-0.39, 0.29) is 22.9 Å². The first-order valence-electron chi connectivity index (χ1n) is 8.80. The minimum Gasteiger partial charge on any atom is -0.497 e. The number of hydrogen-bond donors (Lipinski definition) is 1. The SMILES string of the molecule is COc1ccc(-c2cc(C(F)(F)F)n3nc(C(=O)Nc4ccc(Cl)cn4)cc3n2)cc1. The molecule has 0 bridgehead atoms. The van der Waals surface area contributed by atoms with Gasteiger partial charge in [-0.1, -0.05) is 11.6 Å². The van der Waals surface area contributed by atoms with Gasteiger partial charge in [0.1, 0.15) is 11.6 Å². The molecule has 7 nitrogen and oxygen atoms in total. The highest BCUT2D eigenvalue weighted by Crippen LogP contribution is 2.32. The van der Waals surface area contributed by atoms with Gasteiger partial charge in [0.25, 0.3) is 5.91 Å². The number of pyridine rings is 1. The van der Waals surface area contributed by atoms with Crippen molar-refractivity contribution in [1.82, 2.24) is 19.6 Å². The summed E-state index contributed by atoms with van der Waals surface area (Å²) in [4.78, 5) is 20.6. The number of rotatable bonds is 4. The number of anilines is 1. The summed E-state index contributed by atoms with van der Waals surface area (Å²) in [5, 5.41) is 6.63. The van der Waals surface area contributed by atoms with E-state index in [1.54, 1.807) is 24.3 Å². The van der Waals surface area contributed by atoms with Crippen molar-refractivity contribution in [3.63, 3.8) is 0 Å². The largest absolute Gasteiger partial charge is 0.497 e. The van der Waals surface area contributed by atoms with E-state index in [4.69, 9.17) is 16.3 Å². The molecule has 1 N–H and O–H groups in total. The average Bonchev–Trinajstić information content (AvgIpc) is 3.18. The maximum absolute atomic E-state index is 13.7. The van der Waals surface area contributed by atoms with Gasteiger partial charge < -0.3 is 10.1 Å². The van der Waals surface area contributed by atoms with Gasteiger partial charge in [-0.15, -0.1) is 0 Å². The van der Waals surface area contributed by atoms with Crippen LogP contribution >= 0.6 is 11.6 Å². The minimum absolute atomic E-state index is 0.0775. The summed E-state index contributed by atoms with van der Waals surface area (Å²) in [5.41, 5.74) is -0.913. The van der Waals surface area contributed by atoms with Crippen molar-refractivity contribution in [3.8, 4) is 17.0 Å². The molecule has 0 aliphatic rings. The number of hydrogen-bond acceptors (Lipinski definition) is 5. The van der Waals surface area contributed by atoms with E-state index in [0.29, 0.717) is 20.9 Å². The second-order valence-corrected chi connectivity index (χ2v) is 6.80. The van der Waals surface area contributed by atoms with Gasteiger partial charge in [-0.25, -0.2) is 14.5 Å². The Labute approximate surface area is 178 Å². The molecule has 158 valence electrons. The molecule has 0 aliphatic heterocycles. The summed E-state index contributed by atoms with van der Waals surface area (Å²) in [6.07, 6.45) is -3.40. The monoisotopic (exact) mass is 447 g/mol. The number of halogens is 4. The van der Waals surface area contributed by atoms with Crippen LogP contribution in [0.15, 0.2) is 54.7 Å². The number of methoxy groups -OCH3 is 1. The summed E-state index contributed by atoms with van der Waals surface area (Å²) in [6, 6.07) is 11.4. The van der Waals surface area contributed by atoms with E-state index in [1.807, 2.05) is 0 Å². The lowest BCUT2D eigenvalue weighted by atomic mass is 10.1. The fourth-order valence-corrected chi connectivity index (χ4v) is 2.94. The molecule has 0 spiro atoms. The Morgan fingerprint density at radius 3 is 2.48 bits per heavy atom. The van der Waals surface area contributed by atoms with Crippen LogP contribution in [0.4, 0.5) is 19.0 Å². The number of benzene rings is 1. The van der Waals surface area contributed by atoms with E-state index in [2.05, 4.69) is 20.4 Å². The Kier molecular flexibility index (Phi) is 5.24. The predicted octanol–water partition coefficient (Wildman–Crippen LogP) is 4.72. The zero-order valence-corrected chi connectivity index (χ0v) is 16.6. The Morgan fingerprint density at radius 2 is 1.87 bits per heavy atom. The maximum atomic E-state index is 13.7. The first-order chi connectivity index (χ1) is 14.7. The second kappa shape index (κ2) is 7.88. The lowest BCUT2D eigenvalue weighted by Crippen LogP contribution is -2.16. The number of alkyl halides is 3. The van der Waals surface area contributed by atoms with Gasteiger partial charge >= 0.3 is 6.18 Å². The Morgan fingerprint density at radius 1 is 1.13 bits per heavy atom. The third kappa shape index (κ3) is 4.29. The van der Waals surface area contributed by atoms with Crippen LogP contribution < -0.4 is 10.1 Å². The Bertz CT molecular complexity index is 1260. The van der Waals surface area contributed by atoms with Crippen LogP contribution in [0, 0.1) is 0 Å². The molecule has 0 saturated carbocycles. The fourth-order valence-electron chi connectivity index (χ4n) is 2.83. The van der Waals surface area contributed by atoms with Crippen LogP contribution in [-0.4, -0.2) is 32.6 Å². The fraction of sp³-hybridized carbons (Fsp3) is 0.100.